The van der Waals surface area contributed by atoms with Crippen LogP contribution in [0.15, 0.2) is 48.5 Å². The Bertz CT molecular complexity index is 1460. The number of carbonyl (C=O) groups is 2. The van der Waals surface area contributed by atoms with Gasteiger partial charge in [-0.15, -0.1) is 11.3 Å². The number of hydrogen-bond acceptors (Lipinski definition) is 6. The van der Waals surface area contributed by atoms with Gasteiger partial charge in [-0.2, -0.15) is 0 Å². The number of carbonyl (C=O) groups excluding carboxylic acids is 2. The van der Waals surface area contributed by atoms with Gasteiger partial charge in [-0.3, -0.25) is 9.59 Å². The van der Waals surface area contributed by atoms with Crippen molar-refractivity contribution < 1.29 is 9.59 Å². The van der Waals surface area contributed by atoms with Crippen molar-refractivity contribution in [3.63, 3.8) is 0 Å². The van der Waals surface area contributed by atoms with E-state index in [4.69, 9.17) is 4.98 Å². The van der Waals surface area contributed by atoms with Crippen molar-refractivity contribution in [2.24, 2.45) is 5.92 Å². The minimum Gasteiger partial charge on any atom is -0.353 e. The molecule has 8 heteroatoms. The van der Waals surface area contributed by atoms with Gasteiger partial charge < -0.3 is 14.7 Å². The molecule has 1 atom stereocenters. The third-order valence-corrected chi connectivity index (χ3v) is 8.04. The van der Waals surface area contributed by atoms with Crippen LogP contribution in [0.25, 0.3) is 21.1 Å². The van der Waals surface area contributed by atoms with Crippen molar-refractivity contribution >= 4 is 55.8 Å². The Kier molecular flexibility index (Phi) is 5.40. The summed E-state index contributed by atoms with van der Waals surface area (Å²) in [7, 11) is 0. The number of pyridine rings is 1. The lowest BCUT2D eigenvalue weighted by Crippen LogP contribution is -2.51. The molecule has 6 rings (SSSR count). The molecule has 7 nitrogen and oxygen atoms in total. The van der Waals surface area contributed by atoms with Crippen LogP contribution < -0.4 is 9.80 Å². The molecule has 2 aromatic carbocycles. The summed E-state index contributed by atoms with van der Waals surface area (Å²) in [6, 6.07) is 16.3. The molecule has 0 radical (unpaired) electrons. The maximum atomic E-state index is 13.3. The van der Waals surface area contributed by atoms with Crippen LogP contribution in [-0.4, -0.2) is 59.4 Å². The molecule has 178 valence electrons. The lowest BCUT2D eigenvalue weighted by Gasteiger charge is -2.36. The van der Waals surface area contributed by atoms with Gasteiger partial charge in [-0.05, 0) is 49.7 Å². The number of aryl methyl sites for hydroxylation is 2. The van der Waals surface area contributed by atoms with E-state index in [0.29, 0.717) is 19.6 Å². The molecule has 35 heavy (non-hydrogen) atoms. The topological polar surface area (TPSA) is 69.6 Å². The number of amides is 2. The van der Waals surface area contributed by atoms with Crippen LogP contribution in [0.5, 0.6) is 0 Å². The molecular weight excluding hydrogens is 458 g/mol. The predicted molar refractivity (Wildman–Crippen MR) is 140 cm³/mol. The maximum Gasteiger partial charge on any atom is 0.228 e. The fraction of sp³-hybridized carbons (Fsp3) is 0.333. The number of piperazine rings is 1. The molecule has 2 aliphatic rings. The highest BCUT2D eigenvalue weighted by atomic mass is 32.1. The van der Waals surface area contributed by atoms with Crippen LogP contribution >= 0.6 is 11.3 Å². The highest BCUT2D eigenvalue weighted by Gasteiger charge is 2.38. The van der Waals surface area contributed by atoms with Gasteiger partial charge in [0.15, 0.2) is 0 Å². The normalized spacial score (nSPS) is 18.7. The molecule has 2 aromatic heterocycles. The van der Waals surface area contributed by atoms with Gasteiger partial charge in [0.2, 0.25) is 11.8 Å². The van der Waals surface area contributed by atoms with Gasteiger partial charge in [0.05, 0.1) is 26.7 Å². The third-order valence-electron chi connectivity index (χ3n) is 7.09. The first-order chi connectivity index (χ1) is 17.0. The summed E-state index contributed by atoms with van der Waals surface area (Å²) in [5.41, 5.74) is 3.93. The van der Waals surface area contributed by atoms with Crippen LogP contribution in [-0.2, 0) is 9.59 Å². The molecule has 1 unspecified atom stereocenters. The van der Waals surface area contributed by atoms with Crippen LogP contribution in [0.1, 0.15) is 17.0 Å². The van der Waals surface area contributed by atoms with E-state index in [2.05, 4.69) is 28.9 Å². The lowest BCUT2D eigenvalue weighted by molar-refractivity contribution is -0.136. The first kappa shape index (κ1) is 22.0. The van der Waals surface area contributed by atoms with E-state index in [1.165, 1.54) is 10.9 Å². The number of hydrogen-bond donors (Lipinski definition) is 0. The zero-order chi connectivity index (χ0) is 24.1. The standard InChI is InChI=1S/C27H27N5O2S/c1-17-13-25(29-22-6-4-3-5-21(17)22)30-9-11-31(12-10-30)27(34)19-14-26(33)32(16-19)20-7-8-24-23(15-20)28-18(2)35-24/h3-8,13,15,19H,9-12,14,16H2,1-2H3. The Morgan fingerprint density at radius 3 is 2.60 bits per heavy atom. The minimum absolute atomic E-state index is 0.00382. The molecule has 4 aromatic rings. The van der Waals surface area contributed by atoms with Crippen LogP contribution in [0.2, 0.25) is 0 Å². The smallest absolute Gasteiger partial charge is 0.228 e. The average molecular weight is 486 g/mol. The molecular formula is C27H27N5O2S. The molecule has 2 saturated heterocycles. The number of fused-ring (bicyclic) bond motifs is 2. The average Bonchev–Trinajstić information content (AvgIpc) is 3.44. The lowest BCUT2D eigenvalue weighted by atomic mass is 10.1. The fourth-order valence-electron chi connectivity index (χ4n) is 5.23. The molecule has 2 amide bonds. The van der Waals surface area contributed by atoms with E-state index in [9.17, 15) is 9.59 Å². The second-order valence-corrected chi connectivity index (χ2v) is 10.7. The maximum absolute atomic E-state index is 13.3. The van der Waals surface area contributed by atoms with E-state index in [0.717, 1.165) is 45.3 Å². The van der Waals surface area contributed by atoms with Crippen molar-refractivity contribution in [3.8, 4) is 0 Å². The van der Waals surface area contributed by atoms with Gasteiger partial charge in [0.25, 0.3) is 0 Å². The van der Waals surface area contributed by atoms with Gasteiger partial charge in [0, 0.05) is 50.2 Å². The monoisotopic (exact) mass is 485 g/mol. The van der Waals surface area contributed by atoms with Crippen LogP contribution in [0, 0.1) is 19.8 Å². The van der Waals surface area contributed by atoms with Crippen molar-refractivity contribution in [3.05, 3.63) is 59.1 Å². The largest absolute Gasteiger partial charge is 0.353 e. The van der Waals surface area contributed by atoms with Crippen molar-refractivity contribution in [1.82, 2.24) is 14.9 Å². The molecule has 4 heterocycles. The molecule has 0 aliphatic carbocycles. The Morgan fingerprint density at radius 2 is 1.77 bits per heavy atom. The third kappa shape index (κ3) is 4.01. The van der Waals surface area contributed by atoms with Crippen molar-refractivity contribution in [1.29, 1.82) is 0 Å². The number of para-hydroxylation sites is 1. The summed E-state index contributed by atoms with van der Waals surface area (Å²) in [6.45, 7) is 7.28. The summed E-state index contributed by atoms with van der Waals surface area (Å²) >= 11 is 1.64. The molecule has 0 bridgehead atoms. The van der Waals surface area contributed by atoms with Gasteiger partial charge in [-0.25, -0.2) is 9.97 Å². The van der Waals surface area contributed by atoms with Crippen LogP contribution in [0.3, 0.4) is 0 Å². The number of rotatable bonds is 3. The molecule has 2 aliphatic heterocycles. The van der Waals surface area contributed by atoms with Crippen LogP contribution in [0.4, 0.5) is 11.5 Å². The summed E-state index contributed by atoms with van der Waals surface area (Å²) in [5, 5.41) is 2.18. The molecule has 2 fully saturated rings. The zero-order valence-corrected chi connectivity index (χ0v) is 20.7. The first-order valence-corrected chi connectivity index (χ1v) is 12.9. The fourth-order valence-corrected chi connectivity index (χ4v) is 6.04. The highest BCUT2D eigenvalue weighted by Crippen LogP contribution is 2.31. The number of aromatic nitrogens is 2. The number of nitrogens with zero attached hydrogens (tertiary/aromatic N) is 5. The summed E-state index contributed by atoms with van der Waals surface area (Å²) in [4.78, 5) is 41.4. The van der Waals surface area contributed by atoms with E-state index in [1.54, 1.807) is 16.2 Å². The summed E-state index contributed by atoms with van der Waals surface area (Å²) in [6.07, 6.45) is 0.263. The highest BCUT2D eigenvalue weighted by molar-refractivity contribution is 7.18. The predicted octanol–water partition coefficient (Wildman–Crippen LogP) is 4.16. The Balaban J connectivity index is 1.12. The number of thiazole rings is 1. The van der Waals surface area contributed by atoms with E-state index >= 15 is 0 Å². The van der Waals surface area contributed by atoms with Crippen molar-refractivity contribution in [2.75, 3.05) is 42.5 Å². The quantitative estimate of drug-likeness (QED) is 0.436. The van der Waals surface area contributed by atoms with Crippen molar-refractivity contribution in [2.45, 2.75) is 20.3 Å². The zero-order valence-electron chi connectivity index (χ0n) is 19.9. The van der Waals surface area contributed by atoms with E-state index in [-0.39, 0.29) is 24.2 Å². The summed E-state index contributed by atoms with van der Waals surface area (Å²) in [5.74, 6) is 0.740. The second-order valence-electron chi connectivity index (χ2n) is 9.42. The SMILES string of the molecule is Cc1nc2cc(N3CC(C(=O)N4CCN(c5cc(C)c6ccccc6n5)CC4)CC3=O)ccc2s1. The second kappa shape index (κ2) is 8.61. The van der Waals surface area contributed by atoms with Gasteiger partial charge in [0.1, 0.15) is 5.82 Å². The number of benzene rings is 2. The Labute approximate surface area is 208 Å². The summed E-state index contributed by atoms with van der Waals surface area (Å²) < 4.78 is 1.11. The van der Waals surface area contributed by atoms with E-state index in [1.807, 2.05) is 48.2 Å². The molecule has 0 spiro atoms. The Hall–Kier alpha value is -3.52. The van der Waals surface area contributed by atoms with Gasteiger partial charge in [-0.1, -0.05) is 18.2 Å². The molecule has 0 N–H and O–H groups in total. The van der Waals surface area contributed by atoms with E-state index < -0.39 is 0 Å². The first-order valence-electron chi connectivity index (χ1n) is 12.0. The minimum atomic E-state index is -0.303. The molecule has 0 saturated carbocycles. The van der Waals surface area contributed by atoms with Gasteiger partial charge >= 0.3 is 0 Å². The Morgan fingerprint density at radius 1 is 0.971 bits per heavy atom. The number of anilines is 2.